The van der Waals surface area contributed by atoms with E-state index in [9.17, 15) is 0 Å². The molecule has 0 unspecified atom stereocenters. The number of hydrogen-bond acceptors (Lipinski definition) is 1. The van der Waals surface area contributed by atoms with Crippen molar-refractivity contribution in [1.29, 1.82) is 0 Å². The van der Waals surface area contributed by atoms with Crippen molar-refractivity contribution >= 4 is 6.08 Å². The van der Waals surface area contributed by atoms with Crippen LogP contribution in [0.25, 0.3) is 6.08 Å². The molecular formula is C20H24O. The Bertz CT molecular complexity index is 615. The van der Waals surface area contributed by atoms with Crippen LogP contribution in [0.5, 0.6) is 5.75 Å². The zero-order valence-corrected chi connectivity index (χ0v) is 13.4. The Balaban J connectivity index is 2.21. The summed E-state index contributed by atoms with van der Waals surface area (Å²) < 4.78 is 6.13. The van der Waals surface area contributed by atoms with E-state index in [4.69, 9.17) is 4.74 Å². The lowest BCUT2D eigenvalue weighted by atomic mass is 9.85. The zero-order valence-electron chi connectivity index (χ0n) is 13.4. The van der Waals surface area contributed by atoms with Gasteiger partial charge in [0.15, 0.2) is 0 Å². The molecule has 0 radical (unpaired) electrons. The minimum Gasteiger partial charge on any atom is -0.488 e. The van der Waals surface area contributed by atoms with Gasteiger partial charge in [0, 0.05) is 0 Å². The maximum Gasteiger partial charge on any atom is 0.126 e. The molecule has 2 aromatic carbocycles. The van der Waals surface area contributed by atoms with Crippen LogP contribution in [0.15, 0.2) is 49.0 Å². The van der Waals surface area contributed by atoms with Crippen LogP contribution in [0.2, 0.25) is 0 Å². The van der Waals surface area contributed by atoms with Gasteiger partial charge in [0.1, 0.15) is 12.4 Å². The Kier molecular flexibility index (Phi) is 4.52. The van der Waals surface area contributed by atoms with E-state index < -0.39 is 0 Å². The van der Waals surface area contributed by atoms with E-state index in [-0.39, 0.29) is 5.41 Å². The average Bonchev–Trinajstić information content (AvgIpc) is 2.45. The van der Waals surface area contributed by atoms with Gasteiger partial charge in [0.05, 0.1) is 0 Å². The summed E-state index contributed by atoms with van der Waals surface area (Å²) in [6.45, 7) is 13.1. The molecule has 0 aliphatic rings. The molecule has 0 fully saturated rings. The fourth-order valence-electron chi connectivity index (χ4n) is 2.34. The highest BCUT2D eigenvalue weighted by Gasteiger charge is 2.20. The Hall–Kier alpha value is -2.02. The third-order valence-corrected chi connectivity index (χ3v) is 3.62. The standard InChI is InChI=1S/C20H24O/c1-6-16-10-12-17(13-11-16)14-21-19-15(2)8-7-9-18(19)20(3,4)5/h6-13H,1,14H2,2-5H3. The van der Waals surface area contributed by atoms with E-state index in [1.807, 2.05) is 6.08 Å². The predicted octanol–water partition coefficient (Wildman–Crippen LogP) is 5.51. The quantitative estimate of drug-likeness (QED) is 0.717. The van der Waals surface area contributed by atoms with Crippen molar-refractivity contribution < 1.29 is 4.74 Å². The second-order valence-corrected chi connectivity index (χ2v) is 6.44. The van der Waals surface area contributed by atoms with Gasteiger partial charge in [0.2, 0.25) is 0 Å². The van der Waals surface area contributed by atoms with Gasteiger partial charge in [-0.05, 0) is 34.6 Å². The molecule has 0 spiro atoms. The lowest BCUT2D eigenvalue weighted by molar-refractivity contribution is 0.295. The van der Waals surface area contributed by atoms with Gasteiger partial charge in [-0.2, -0.15) is 0 Å². The minimum atomic E-state index is 0.0774. The largest absolute Gasteiger partial charge is 0.488 e. The predicted molar refractivity (Wildman–Crippen MR) is 90.7 cm³/mol. The number of para-hydroxylation sites is 1. The van der Waals surface area contributed by atoms with E-state index in [2.05, 4.69) is 76.7 Å². The summed E-state index contributed by atoms with van der Waals surface area (Å²) >= 11 is 0. The molecular weight excluding hydrogens is 256 g/mol. The Labute approximate surface area is 128 Å². The molecule has 2 rings (SSSR count). The third kappa shape index (κ3) is 3.75. The minimum absolute atomic E-state index is 0.0774. The fourth-order valence-corrected chi connectivity index (χ4v) is 2.34. The first kappa shape index (κ1) is 15.4. The van der Waals surface area contributed by atoms with Crippen molar-refractivity contribution in [3.8, 4) is 5.75 Å². The van der Waals surface area contributed by atoms with E-state index in [0.29, 0.717) is 6.61 Å². The molecule has 0 aliphatic carbocycles. The van der Waals surface area contributed by atoms with Crippen molar-refractivity contribution in [3.05, 3.63) is 71.3 Å². The van der Waals surface area contributed by atoms with Crippen molar-refractivity contribution in [2.45, 2.75) is 39.7 Å². The molecule has 21 heavy (non-hydrogen) atoms. The van der Waals surface area contributed by atoms with Crippen molar-refractivity contribution in [2.24, 2.45) is 0 Å². The topological polar surface area (TPSA) is 9.23 Å². The van der Waals surface area contributed by atoms with Crippen LogP contribution in [0.3, 0.4) is 0 Å². The van der Waals surface area contributed by atoms with Crippen molar-refractivity contribution in [2.75, 3.05) is 0 Å². The van der Waals surface area contributed by atoms with E-state index >= 15 is 0 Å². The average molecular weight is 280 g/mol. The molecule has 0 saturated carbocycles. The molecule has 110 valence electrons. The van der Waals surface area contributed by atoms with E-state index in [1.165, 1.54) is 16.7 Å². The van der Waals surface area contributed by atoms with Gasteiger partial charge in [-0.25, -0.2) is 0 Å². The molecule has 0 N–H and O–H groups in total. The summed E-state index contributed by atoms with van der Waals surface area (Å²) in [5.41, 5.74) is 4.82. The molecule has 0 atom stereocenters. The first-order valence-electron chi connectivity index (χ1n) is 7.36. The van der Waals surface area contributed by atoms with Crippen LogP contribution in [-0.2, 0) is 12.0 Å². The molecule has 0 bridgehead atoms. The van der Waals surface area contributed by atoms with Gasteiger partial charge in [0.25, 0.3) is 0 Å². The number of aryl methyl sites for hydroxylation is 1. The summed E-state index contributed by atoms with van der Waals surface area (Å²) in [4.78, 5) is 0. The monoisotopic (exact) mass is 280 g/mol. The Morgan fingerprint density at radius 3 is 2.29 bits per heavy atom. The molecule has 0 saturated heterocycles. The summed E-state index contributed by atoms with van der Waals surface area (Å²) in [6, 6.07) is 14.7. The summed E-state index contributed by atoms with van der Waals surface area (Å²) in [5.74, 6) is 1.01. The SMILES string of the molecule is C=Cc1ccc(COc2c(C)cccc2C(C)(C)C)cc1. The van der Waals surface area contributed by atoms with Crippen LogP contribution in [0, 0.1) is 6.92 Å². The van der Waals surface area contributed by atoms with Gasteiger partial charge in [-0.3, -0.25) is 0 Å². The summed E-state index contributed by atoms with van der Waals surface area (Å²) in [6.07, 6.45) is 1.85. The second-order valence-electron chi connectivity index (χ2n) is 6.44. The van der Waals surface area contributed by atoms with Crippen LogP contribution < -0.4 is 4.74 Å². The maximum absolute atomic E-state index is 6.13. The first-order chi connectivity index (χ1) is 9.91. The lowest BCUT2D eigenvalue weighted by Crippen LogP contribution is -2.14. The summed E-state index contributed by atoms with van der Waals surface area (Å²) in [7, 11) is 0. The highest BCUT2D eigenvalue weighted by atomic mass is 16.5. The highest BCUT2D eigenvalue weighted by Crippen LogP contribution is 2.34. The summed E-state index contributed by atoms with van der Waals surface area (Å²) in [5, 5.41) is 0. The smallest absolute Gasteiger partial charge is 0.126 e. The Morgan fingerprint density at radius 2 is 1.71 bits per heavy atom. The number of rotatable bonds is 4. The number of benzene rings is 2. The number of hydrogen-bond donors (Lipinski definition) is 0. The van der Waals surface area contributed by atoms with Crippen LogP contribution in [-0.4, -0.2) is 0 Å². The fraction of sp³-hybridized carbons (Fsp3) is 0.300. The van der Waals surface area contributed by atoms with Gasteiger partial charge in [-0.15, -0.1) is 0 Å². The molecule has 0 aromatic heterocycles. The molecule has 0 aliphatic heterocycles. The molecule has 0 heterocycles. The van der Waals surface area contributed by atoms with Gasteiger partial charge < -0.3 is 4.74 Å². The van der Waals surface area contributed by atoms with E-state index in [0.717, 1.165) is 11.3 Å². The van der Waals surface area contributed by atoms with Crippen LogP contribution >= 0.6 is 0 Å². The third-order valence-electron chi connectivity index (χ3n) is 3.62. The number of ether oxygens (including phenoxy) is 1. The van der Waals surface area contributed by atoms with Crippen LogP contribution in [0.4, 0.5) is 0 Å². The first-order valence-corrected chi connectivity index (χ1v) is 7.36. The van der Waals surface area contributed by atoms with Gasteiger partial charge in [-0.1, -0.05) is 75.9 Å². The van der Waals surface area contributed by atoms with Crippen LogP contribution in [0.1, 0.15) is 43.0 Å². The van der Waals surface area contributed by atoms with E-state index in [1.54, 1.807) is 0 Å². The van der Waals surface area contributed by atoms with Crippen molar-refractivity contribution in [3.63, 3.8) is 0 Å². The molecule has 1 nitrogen and oxygen atoms in total. The van der Waals surface area contributed by atoms with Crippen molar-refractivity contribution in [1.82, 2.24) is 0 Å². The van der Waals surface area contributed by atoms with Gasteiger partial charge >= 0.3 is 0 Å². The maximum atomic E-state index is 6.13. The highest BCUT2D eigenvalue weighted by molar-refractivity contribution is 5.47. The molecule has 1 heteroatoms. The molecule has 0 amide bonds. The normalized spacial score (nSPS) is 11.2. The second kappa shape index (κ2) is 6.17. The Morgan fingerprint density at radius 1 is 1.05 bits per heavy atom. The lowest BCUT2D eigenvalue weighted by Gasteiger charge is -2.24. The molecule has 2 aromatic rings. The zero-order chi connectivity index (χ0) is 15.5.